The lowest BCUT2D eigenvalue weighted by atomic mass is 9.96. The Morgan fingerprint density at radius 2 is 2.12 bits per heavy atom. The van der Waals surface area contributed by atoms with Crippen LogP contribution < -0.4 is 0 Å². The summed E-state index contributed by atoms with van der Waals surface area (Å²) >= 11 is 0. The van der Waals surface area contributed by atoms with Crippen LogP contribution in [0.15, 0.2) is 36.8 Å². The molecule has 1 N–H and O–H groups in total. The quantitative estimate of drug-likeness (QED) is 0.790. The van der Waals surface area contributed by atoms with Crippen LogP contribution in [0.3, 0.4) is 0 Å². The zero-order chi connectivity index (χ0) is 17.7. The summed E-state index contributed by atoms with van der Waals surface area (Å²) in [5.74, 6) is 0. The van der Waals surface area contributed by atoms with Crippen molar-refractivity contribution in [2.75, 3.05) is 13.1 Å². The predicted molar refractivity (Wildman–Crippen MR) is 101 cm³/mol. The average Bonchev–Trinajstić information content (AvgIpc) is 3.25. The number of aromatic nitrogens is 3. The standard InChI is InChI=1S/C21H24N4O/c1-14-11-16-19(12-23-14)25(13-20(26)15-4-7-22-8-5-15)18-6-10-24-9-2-3-17(24)21(16)18/h4-5,7-8,11-12,17,20,26H,2-3,6,9-10,13H2,1H3. The van der Waals surface area contributed by atoms with Gasteiger partial charge in [0.2, 0.25) is 0 Å². The minimum Gasteiger partial charge on any atom is -0.387 e. The molecule has 5 rings (SSSR count). The maximum absolute atomic E-state index is 10.8. The zero-order valence-electron chi connectivity index (χ0n) is 15.1. The number of nitrogens with zero attached hydrogens (tertiary/aromatic N) is 4. The second-order valence-electron chi connectivity index (χ2n) is 7.55. The van der Waals surface area contributed by atoms with Crippen molar-refractivity contribution < 1.29 is 5.11 Å². The second-order valence-corrected chi connectivity index (χ2v) is 7.55. The van der Waals surface area contributed by atoms with E-state index in [1.807, 2.05) is 18.3 Å². The number of hydrogen-bond donors (Lipinski definition) is 1. The van der Waals surface area contributed by atoms with Crippen LogP contribution in [-0.2, 0) is 13.0 Å². The molecule has 0 aliphatic carbocycles. The van der Waals surface area contributed by atoms with Gasteiger partial charge in [-0.05, 0) is 55.6 Å². The van der Waals surface area contributed by atoms with Crippen LogP contribution in [-0.4, -0.2) is 37.6 Å². The van der Waals surface area contributed by atoms with E-state index in [-0.39, 0.29) is 0 Å². The number of aliphatic hydroxyl groups excluding tert-OH is 1. The molecule has 0 saturated carbocycles. The van der Waals surface area contributed by atoms with Crippen molar-refractivity contribution >= 4 is 10.9 Å². The van der Waals surface area contributed by atoms with Crippen molar-refractivity contribution in [1.29, 1.82) is 0 Å². The summed E-state index contributed by atoms with van der Waals surface area (Å²) in [6.07, 6.45) is 8.48. The number of aryl methyl sites for hydroxylation is 1. The first-order valence-corrected chi connectivity index (χ1v) is 9.52. The van der Waals surface area contributed by atoms with Gasteiger partial charge in [0.05, 0.1) is 24.4 Å². The smallest absolute Gasteiger partial charge is 0.0970 e. The lowest BCUT2D eigenvalue weighted by Crippen LogP contribution is -2.31. The third-order valence-corrected chi connectivity index (χ3v) is 6.02. The van der Waals surface area contributed by atoms with Crippen molar-refractivity contribution in [2.45, 2.75) is 44.9 Å². The highest BCUT2D eigenvalue weighted by Gasteiger charge is 2.35. The summed E-state index contributed by atoms with van der Waals surface area (Å²) in [5.41, 5.74) is 6.00. The van der Waals surface area contributed by atoms with Gasteiger partial charge in [0.25, 0.3) is 0 Å². The van der Waals surface area contributed by atoms with Crippen molar-refractivity contribution in [3.8, 4) is 0 Å². The molecule has 1 fully saturated rings. The molecule has 0 amide bonds. The van der Waals surface area contributed by atoms with Crippen LogP contribution in [0.25, 0.3) is 10.9 Å². The van der Waals surface area contributed by atoms with E-state index in [4.69, 9.17) is 0 Å². The molecule has 1 saturated heterocycles. The van der Waals surface area contributed by atoms with Crippen molar-refractivity contribution in [3.63, 3.8) is 0 Å². The minimum atomic E-state index is -0.541. The third kappa shape index (κ3) is 2.46. The average molecular weight is 348 g/mol. The van der Waals surface area contributed by atoms with E-state index in [2.05, 4.69) is 32.4 Å². The van der Waals surface area contributed by atoms with Crippen LogP contribution in [0.1, 0.15) is 47.5 Å². The Kier molecular flexibility index (Phi) is 3.80. The first-order chi connectivity index (χ1) is 12.7. The molecule has 5 nitrogen and oxygen atoms in total. The molecule has 5 heteroatoms. The highest BCUT2D eigenvalue weighted by Crippen LogP contribution is 2.43. The maximum Gasteiger partial charge on any atom is 0.0970 e. The van der Waals surface area contributed by atoms with Crippen molar-refractivity contribution in [2.24, 2.45) is 0 Å². The van der Waals surface area contributed by atoms with Crippen LogP contribution in [0, 0.1) is 6.92 Å². The minimum absolute atomic E-state index is 0.530. The van der Waals surface area contributed by atoms with Crippen LogP contribution in [0.5, 0.6) is 0 Å². The number of pyridine rings is 2. The number of hydrogen-bond acceptors (Lipinski definition) is 4. The van der Waals surface area contributed by atoms with Crippen molar-refractivity contribution in [1.82, 2.24) is 19.4 Å². The van der Waals surface area contributed by atoms with Gasteiger partial charge < -0.3 is 9.67 Å². The molecule has 2 atom stereocenters. The lowest BCUT2D eigenvalue weighted by Gasteiger charge is -2.31. The molecule has 3 aromatic heterocycles. The summed E-state index contributed by atoms with van der Waals surface area (Å²) in [6.45, 7) is 4.95. The fraction of sp³-hybridized carbons (Fsp3) is 0.429. The van der Waals surface area contributed by atoms with Crippen LogP contribution >= 0.6 is 0 Å². The maximum atomic E-state index is 10.8. The largest absolute Gasteiger partial charge is 0.387 e. The number of rotatable bonds is 3. The third-order valence-electron chi connectivity index (χ3n) is 6.02. The van der Waals surface area contributed by atoms with Gasteiger partial charge >= 0.3 is 0 Å². The Morgan fingerprint density at radius 1 is 1.27 bits per heavy atom. The molecule has 2 unspecified atom stereocenters. The predicted octanol–water partition coefficient (Wildman–Crippen LogP) is 3.17. The van der Waals surface area contributed by atoms with Gasteiger partial charge in [-0.25, -0.2) is 0 Å². The lowest BCUT2D eigenvalue weighted by molar-refractivity contribution is 0.155. The van der Waals surface area contributed by atoms with Crippen LogP contribution in [0.2, 0.25) is 0 Å². The highest BCUT2D eigenvalue weighted by molar-refractivity contribution is 5.86. The molecule has 2 aliphatic rings. The molecule has 0 spiro atoms. The Balaban J connectivity index is 1.64. The summed E-state index contributed by atoms with van der Waals surface area (Å²) in [5, 5.41) is 12.1. The first-order valence-electron chi connectivity index (χ1n) is 9.52. The Labute approximate surface area is 153 Å². The monoisotopic (exact) mass is 348 g/mol. The summed E-state index contributed by atoms with van der Waals surface area (Å²) in [6, 6.07) is 6.54. The van der Waals surface area contributed by atoms with E-state index in [0.29, 0.717) is 12.6 Å². The van der Waals surface area contributed by atoms with E-state index in [1.165, 1.54) is 36.0 Å². The Bertz CT molecular complexity index is 950. The van der Waals surface area contributed by atoms with Gasteiger partial charge in [-0.3, -0.25) is 14.9 Å². The normalized spacial score (nSPS) is 20.9. The van der Waals surface area contributed by atoms with Gasteiger partial charge in [0.1, 0.15) is 0 Å². The summed E-state index contributed by atoms with van der Waals surface area (Å²) < 4.78 is 2.32. The Hall–Kier alpha value is -2.24. The van der Waals surface area contributed by atoms with E-state index in [9.17, 15) is 5.11 Å². The molecule has 134 valence electrons. The molecule has 5 heterocycles. The molecule has 0 aromatic carbocycles. The fourth-order valence-electron chi connectivity index (χ4n) is 4.81. The summed E-state index contributed by atoms with van der Waals surface area (Å²) in [7, 11) is 0. The molecular weight excluding hydrogens is 324 g/mol. The van der Waals surface area contributed by atoms with E-state index < -0.39 is 6.10 Å². The summed E-state index contributed by atoms with van der Waals surface area (Å²) in [4.78, 5) is 11.2. The molecule has 0 bridgehead atoms. The zero-order valence-corrected chi connectivity index (χ0v) is 15.1. The second kappa shape index (κ2) is 6.18. The molecule has 26 heavy (non-hydrogen) atoms. The first kappa shape index (κ1) is 16.0. The van der Waals surface area contributed by atoms with Gasteiger partial charge in [0.15, 0.2) is 0 Å². The Morgan fingerprint density at radius 3 is 2.96 bits per heavy atom. The van der Waals surface area contributed by atoms with Crippen LogP contribution in [0.4, 0.5) is 0 Å². The van der Waals surface area contributed by atoms with Gasteiger partial charge in [0, 0.05) is 48.2 Å². The van der Waals surface area contributed by atoms with Gasteiger partial charge in [-0.1, -0.05) is 0 Å². The number of aliphatic hydroxyl groups is 1. The van der Waals surface area contributed by atoms with Crippen molar-refractivity contribution in [3.05, 3.63) is 59.3 Å². The highest BCUT2D eigenvalue weighted by atomic mass is 16.3. The van der Waals surface area contributed by atoms with Gasteiger partial charge in [-0.2, -0.15) is 0 Å². The molecule has 3 aromatic rings. The molecular formula is C21H24N4O. The van der Waals surface area contributed by atoms with Gasteiger partial charge in [-0.15, -0.1) is 0 Å². The number of fused-ring (bicyclic) bond motifs is 5. The van der Waals surface area contributed by atoms with E-state index in [0.717, 1.165) is 29.7 Å². The topological polar surface area (TPSA) is 54.2 Å². The van der Waals surface area contributed by atoms with E-state index in [1.54, 1.807) is 12.4 Å². The molecule has 0 radical (unpaired) electrons. The SMILES string of the molecule is Cc1cc2c3c(n(CC(O)c4ccncc4)c2cn1)CCN1CCCC31. The fourth-order valence-corrected chi connectivity index (χ4v) is 4.81. The van der Waals surface area contributed by atoms with E-state index >= 15 is 0 Å². The molecule has 2 aliphatic heterocycles.